The lowest BCUT2D eigenvalue weighted by molar-refractivity contribution is -0.161. The first-order chi connectivity index (χ1) is 21.8. The van der Waals surface area contributed by atoms with Crippen LogP contribution in [0.2, 0.25) is 0 Å². The van der Waals surface area contributed by atoms with Crippen LogP contribution >= 0.6 is 0 Å². The van der Waals surface area contributed by atoms with Crippen LogP contribution in [0, 0.1) is 11.8 Å². The predicted molar refractivity (Wildman–Crippen MR) is 164 cm³/mol. The van der Waals surface area contributed by atoms with E-state index >= 15 is 0 Å². The van der Waals surface area contributed by atoms with Gasteiger partial charge in [-0.25, -0.2) is 0 Å². The fraction of sp³-hybridized carbons (Fsp3) is 0.429. The van der Waals surface area contributed by atoms with E-state index in [1.807, 2.05) is 72.8 Å². The number of carbonyl (C=O) groups is 4. The molecule has 5 bridgehead atoms. The van der Waals surface area contributed by atoms with Crippen LogP contribution < -0.4 is 5.32 Å². The third kappa shape index (κ3) is 5.80. The van der Waals surface area contributed by atoms with Gasteiger partial charge in [0.1, 0.15) is 23.7 Å². The van der Waals surface area contributed by atoms with Gasteiger partial charge < -0.3 is 29.7 Å². The molecule has 4 heterocycles. The first-order valence-electron chi connectivity index (χ1n) is 15.6. The first kappa shape index (κ1) is 30.7. The molecule has 4 aliphatic heterocycles. The van der Waals surface area contributed by atoms with E-state index in [1.165, 1.54) is 4.90 Å². The molecule has 0 aromatic heterocycles. The number of carbonyl (C=O) groups excluding carboxylic acids is 4. The van der Waals surface area contributed by atoms with E-state index < -0.39 is 47.7 Å². The molecule has 2 fully saturated rings. The number of esters is 1. The number of fused-ring (bicyclic) bond motifs is 2. The molecule has 3 amide bonds. The Labute approximate surface area is 262 Å². The molecule has 2 N–H and O–H groups in total. The van der Waals surface area contributed by atoms with Crippen LogP contribution in [0.25, 0.3) is 0 Å². The molecule has 2 aromatic carbocycles. The summed E-state index contributed by atoms with van der Waals surface area (Å²) in [6.45, 7) is 2.31. The van der Waals surface area contributed by atoms with Crippen molar-refractivity contribution in [1.82, 2.24) is 15.1 Å². The highest BCUT2D eigenvalue weighted by Gasteiger charge is 2.73. The lowest BCUT2D eigenvalue weighted by Crippen LogP contribution is -2.55. The molecule has 0 unspecified atom stereocenters. The van der Waals surface area contributed by atoms with Crippen molar-refractivity contribution in [2.75, 3.05) is 19.7 Å². The number of hydrogen-bond donors (Lipinski definition) is 2. The molecule has 0 radical (unpaired) electrons. The Morgan fingerprint density at radius 1 is 0.978 bits per heavy atom. The minimum Gasteiger partial charge on any atom is -0.455 e. The summed E-state index contributed by atoms with van der Waals surface area (Å²) in [6, 6.07) is 17.2. The average Bonchev–Trinajstić information content (AvgIpc) is 3.69. The van der Waals surface area contributed by atoms with Crippen LogP contribution in [0.15, 0.2) is 85.0 Å². The molecule has 10 heteroatoms. The van der Waals surface area contributed by atoms with E-state index in [9.17, 15) is 24.3 Å². The first-order valence-corrected chi connectivity index (χ1v) is 15.6. The number of nitrogens with one attached hydrogen (secondary N) is 1. The molecule has 6 rings (SSSR count). The van der Waals surface area contributed by atoms with E-state index in [-0.39, 0.29) is 50.3 Å². The molecule has 7 atom stereocenters. The van der Waals surface area contributed by atoms with Gasteiger partial charge in [0, 0.05) is 32.7 Å². The number of amides is 3. The van der Waals surface area contributed by atoms with Gasteiger partial charge in [-0.15, -0.1) is 0 Å². The van der Waals surface area contributed by atoms with Crippen LogP contribution in [0.1, 0.15) is 43.4 Å². The second-order valence-corrected chi connectivity index (χ2v) is 12.1. The molecule has 2 aromatic rings. The molecular formula is C35H39N3O7. The van der Waals surface area contributed by atoms with Gasteiger partial charge in [0.25, 0.3) is 0 Å². The summed E-state index contributed by atoms with van der Waals surface area (Å²) in [5.74, 6) is -3.45. The third-order valence-corrected chi connectivity index (χ3v) is 9.21. The summed E-state index contributed by atoms with van der Waals surface area (Å²) in [6.07, 6.45) is 6.66. The number of cyclic esters (lactones) is 1. The predicted octanol–water partition coefficient (Wildman–Crippen LogP) is 2.69. The molecule has 45 heavy (non-hydrogen) atoms. The zero-order valence-electron chi connectivity index (χ0n) is 25.3. The van der Waals surface area contributed by atoms with Gasteiger partial charge in [0.15, 0.2) is 0 Å². The second-order valence-electron chi connectivity index (χ2n) is 12.1. The van der Waals surface area contributed by atoms with Gasteiger partial charge >= 0.3 is 5.97 Å². The summed E-state index contributed by atoms with van der Waals surface area (Å²) in [7, 11) is 0. The van der Waals surface area contributed by atoms with E-state index in [1.54, 1.807) is 24.0 Å². The number of allylic oxidation sites excluding steroid dienone is 1. The highest BCUT2D eigenvalue weighted by molar-refractivity contribution is 5.99. The van der Waals surface area contributed by atoms with Crippen LogP contribution in [-0.2, 0) is 35.2 Å². The molecule has 236 valence electrons. The number of hydrogen-bond acceptors (Lipinski definition) is 7. The Balaban J connectivity index is 1.41. The number of rotatable bonds is 6. The van der Waals surface area contributed by atoms with Gasteiger partial charge in [-0.3, -0.25) is 19.2 Å². The Morgan fingerprint density at radius 2 is 1.71 bits per heavy atom. The highest BCUT2D eigenvalue weighted by Crippen LogP contribution is 2.56. The topological polar surface area (TPSA) is 125 Å². The Morgan fingerprint density at radius 3 is 2.44 bits per heavy atom. The monoisotopic (exact) mass is 613 g/mol. The van der Waals surface area contributed by atoms with Crippen molar-refractivity contribution in [3.8, 4) is 0 Å². The minimum atomic E-state index is -1.35. The third-order valence-electron chi connectivity index (χ3n) is 9.21. The molecule has 10 nitrogen and oxygen atoms in total. The van der Waals surface area contributed by atoms with Crippen molar-refractivity contribution in [3.05, 3.63) is 96.1 Å². The van der Waals surface area contributed by atoms with E-state index in [0.29, 0.717) is 18.5 Å². The molecule has 1 spiro atoms. The van der Waals surface area contributed by atoms with Crippen molar-refractivity contribution in [3.63, 3.8) is 0 Å². The van der Waals surface area contributed by atoms with Gasteiger partial charge in [-0.05, 0) is 30.9 Å². The summed E-state index contributed by atoms with van der Waals surface area (Å²) >= 11 is 0. The zero-order chi connectivity index (χ0) is 31.6. The van der Waals surface area contributed by atoms with Crippen LogP contribution in [0.5, 0.6) is 0 Å². The largest absolute Gasteiger partial charge is 0.455 e. The molecule has 0 saturated carbocycles. The average molecular weight is 614 g/mol. The fourth-order valence-electron chi connectivity index (χ4n) is 7.15. The van der Waals surface area contributed by atoms with Crippen molar-refractivity contribution in [2.45, 2.75) is 62.6 Å². The molecular weight excluding hydrogens is 574 g/mol. The van der Waals surface area contributed by atoms with Crippen LogP contribution in [-0.4, -0.2) is 82.1 Å². The maximum absolute atomic E-state index is 14.6. The number of likely N-dealkylation sites (tertiary alicyclic amines) is 1. The summed E-state index contributed by atoms with van der Waals surface area (Å²) in [5, 5.41) is 12.7. The Hall–Kier alpha value is -4.28. The number of benzene rings is 2. The van der Waals surface area contributed by atoms with Crippen molar-refractivity contribution >= 4 is 23.7 Å². The van der Waals surface area contributed by atoms with Crippen molar-refractivity contribution in [1.29, 1.82) is 0 Å². The van der Waals surface area contributed by atoms with E-state index in [0.717, 1.165) is 5.56 Å². The smallest absolute Gasteiger partial charge is 0.313 e. The number of aliphatic hydroxyl groups is 1. The number of ether oxygens (including phenoxy) is 2. The van der Waals surface area contributed by atoms with Crippen LogP contribution in [0.3, 0.4) is 0 Å². The maximum atomic E-state index is 14.6. The van der Waals surface area contributed by atoms with Crippen LogP contribution in [0.4, 0.5) is 0 Å². The van der Waals surface area contributed by atoms with E-state index in [2.05, 4.69) is 5.32 Å². The van der Waals surface area contributed by atoms with Gasteiger partial charge in [-0.1, -0.05) is 85.0 Å². The molecule has 4 aliphatic rings. The van der Waals surface area contributed by atoms with E-state index in [4.69, 9.17) is 9.47 Å². The SMILES string of the molecule is C[C@@H]1NC(=O)CC/C=C\CN(Cc2ccccc2)C(=O)[C@H]2N(CCCO)C(=O)[C@@H]3[C@@H](C(=O)O[C@H]1c1ccccc1)[C@H]1C=C[C@]32O1. The zero-order valence-corrected chi connectivity index (χ0v) is 25.3. The number of aliphatic hydroxyl groups excluding tert-OH is 1. The quantitative estimate of drug-likeness (QED) is 0.379. The second kappa shape index (κ2) is 13.0. The standard InChI is InChI=1S/C35H39N3O7/c1-23-30(25-14-7-3-8-15-25)44-34(43)28-26-17-18-35(45-26)29(28)32(41)38(20-11-21-39)31(35)33(42)37(22-24-12-5-2-6-13-24)19-10-4-9-16-27(40)36-23/h2-8,10,12-15,17-18,23,26,28-31,39H,9,11,16,19-22H2,1H3,(H,36,40)/b10-4-/t23-,26+,28-,29-,30+,31+,35-/m0/s1. The Kier molecular flexibility index (Phi) is 8.87. The molecule has 2 saturated heterocycles. The minimum absolute atomic E-state index is 0.137. The van der Waals surface area contributed by atoms with Gasteiger partial charge in [-0.2, -0.15) is 0 Å². The summed E-state index contributed by atoms with van der Waals surface area (Å²) in [5.41, 5.74) is 0.268. The maximum Gasteiger partial charge on any atom is 0.313 e. The summed E-state index contributed by atoms with van der Waals surface area (Å²) < 4.78 is 12.6. The number of nitrogens with zero attached hydrogens (tertiary/aromatic N) is 2. The van der Waals surface area contributed by atoms with Crippen molar-refractivity contribution < 1.29 is 33.8 Å². The lowest BCUT2D eigenvalue weighted by Gasteiger charge is -2.36. The normalized spacial score (nSPS) is 32.4. The molecule has 0 aliphatic carbocycles. The Bertz CT molecular complexity index is 1480. The lowest BCUT2D eigenvalue weighted by atomic mass is 9.74. The van der Waals surface area contributed by atoms with Crippen molar-refractivity contribution in [2.24, 2.45) is 11.8 Å². The fourth-order valence-corrected chi connectivity index (χ4v) is 7.15. The summed E-state index contributed by atoms with van der Waals surface area (Å²) in [4.78, 5) is 59.0. The van der Waals surface area contributed by atoms with Gasteiger partial charge in [0.2, 0.25) is 17.7 Å². The van der Waals surface area contributed by atoms with Gasteiger partial charge in [0.05, 0.1) is 18.1 Å². The highest BCUT2D eigenvalue weighted by atomic mass is 16.6.